The molecule has 0 saturated carbocycles. The van der Waals surface area contributed by atoms with Gasteiger partial charge in [-0.25, -0.2) is 0 Å². The fourth-order valence-corrected chi connectivity index (χ4v) is 0. The van der Waals surface area contributed by atoms with Crippen LogP contribution in [-0.4, -0.2) is 8.41 Å². The third kappa shape index (κ3) is 9.19. The van der Waals surface area contributed by atoms with Crippen LogP contribution in [0.25, 0.3) is 0 Å². The van der Waals surface area contributed by atoms with Crippen molar-refractivity contribution in [3.8, 4) is 0 Å². The van der Waals surface area contributed by atoms with E-state index in [-0.39, 0.29) is 25.8 Å². The summed E-state index contributed by atoms with van der Waals surface area (Å²) in [4.78, 5) is 0. The molecule has 0 saturated heterocycles. The molecule has 0 unspecified atom stereocenters. The molecule has 0 amide bonds. The summed E-state index contributed by atoms with van der Waals surface area (Å²) in [5.74, 6) is 0. The normalized spacial score (nSPS) is 1.25. The molecule has 0 bridgehead atoms. The summed E-state index contributed by atoms with van der Waals surface area (Å²) < 4.78 is 0. The van der Waals surface area contributed by atoms with Crippen LogP contribution in [0.1, 0.15) is 0 Å². The van der Waals surface area contributed by atoms with E-state index in [1.165, 1.54) is 17.7 Å². The van der Waals surface area contributed by atoms with Gasteiger partial charge in [0.25, 0.3) is 0 Å². The molecule has 0 fully saturated rings. The quantitative estimate of drug-likeness (QED) is 0.494. The predicted octanol–water partition coefficient (Wildman–Crippen LogP) is -1.19. The molecule has 0 nitrogen and oxygen atoms in total. The van der Waals surface area contributed by atoms with E-state index in [0.29, 0.717) is 0 Å². The second kappa shape index (κ2) is 21.4. The first kappa shape index (κ1) is 17.0. The molecule has 0 atom stereocenters. The molecule has 0 aromatic heterocycles. The second-order valence-electron chi connectivity index (χ2n) is 0. The molecule has 0 heterocycles. The van der Waals surface area contributed by atoms with Gasteiger partial charge in [-0.15, -0.1) is 0 Å². The summed E-state index contributed by atoms with van der Waals surface area (Å²) in [7, 11) is 0. The van der Waals surface area contributed by atoms with Gasteiger partial charge in [0.15, 0.2) is 0 Å². The predicted molar refractivity (Wildman–Crippen MR) is 9.94 cm³/mol. The van der Waals surface area contributed by atoms with Gasteiger partial charge in [-0.3, -0.25) is 0 Å². The van der Waals surface area contributed by atoms with Crippen LogP contribution in [0, 0.1) is 0 Å². The van der Waals surface area contributed by atoms with E-state index in [0.717, 1.165) is 0 Å². The average molecular weight is 306 g/mol. The fraction of sp³-hybridized carbons (Fsp3) is 0. The first-order valence-electron chi connectivity index (χ1n) is 0.144. The van der Waals surface area contributed by atoms with Crippen molar-refractivity contribution >= 4 is 8.41 Å². The molecule has 0 N–H and O–H groups in total. The Bertz CT molecular complexity index is 8.00. The third-order valence-corrected chi connectivity index (χ3v) is 0. The zero-order valence-electron chi connectivity index (χ0n) is 1.17. The summed E-state index contributed by atoms with van der Waals surface area (Å²) in [5, 5.41) is 0. The monoisotopic (exact) mass is 306 g/mol. The maximum absolute atomic E-state index is 3.33. The Balaban J connectivity index is -0.00000000500. The molecule has 4 heavy (non-hydrogen) atoms. The summed E-state index contributed by atoms with van der Waals surface area (Å²) in [6.07, 6.45) is 0. The van der Waals surface area contributed by atoms with Crippen molar-refractivity contribution in [3.63, 3.8) is 0 Å². The fourth-order valence-electron chi connectivity index (χ4n) is 0. The van der Waals surface area contributed by atoms with E-state index in [1.54, 1.807) is 0 Å². The van der Waals surface area contributed by atoms with E-state index in [2.05, 4.69) is 13.4 Å². The summed E-state index contributed by atoms with van der Waals surface area (Å²) in [6.45, 7) is 0. The molecule has 0 spiro atoms. The Labute approximate surface area is 56.5 Å². The SMILES string of the molecule is B.[Cr].[Fe][W]. The van der Waals surface area contributed by atoms with Gasteiger partial charge in [-0.05, 0) is 0 Å². The van der Waals surface area contributed by atoms with Crippen LogP contribution in [0.3, 0.4) is 0 Å². The van der Waals surface area contributed by atoms with Gasteiger partial charge < -0.3 is 0 Å². The van der Waals surface area contributed by atoms with Gasteiger partial charge in [0.2, 0.25) is 0 Å². The number of hydrogen-bond acceptors (Lipinski definition) is 0. The van der Waals surface area contributed by atoms with Crippen LogP contribution in [0.4, 0.5) is 0 Å². The van der Waals surface area contributed by atoms with Crippen LogP contribution >= 0.6 is 0 Å². The average Bonchev–Trinajstić information content (AvgIpc) is 1.00. The summed E-state index contributed by atoms with van der Waals surface area (Å²) >= 11 is 4.67. The molecule has 0 aliphatic rings. The molecular weight excluding hydrogens is 302 g/mol. The van der Waals surface area contributed by atoms with Crippen molar-refractivity contribution in [2.45, 2.75) is 0 Å². The molecule has 0 radical (unpaired) electrons. The standard InChI is InChI=1S/BH3.Cr.Fe.W/h1H3;;;. The third-order valence-electron chi connectivity index (χ3n) is 0. The zero-order valence-corrected chi connectivity index (χ0v) is 6.48. The van der Waals surface area contributed by atoms with Gasteiger partial charge in [0, 0.05) is 17.4 Å². The minimum absolute atomic E-state index is 0. The van der Waals surface area contributed by atoms with Crippen molar-refractivity contribution in [1.82, 2.24) is 0 Å². The van der Waals surface area contributed by atoms with E-state index in [9.17, 15) is 0 Å². The van der Waals surface area contributed by atoms with Gasteiger partial charge >= 0.3 is 31.1 Å². The Morgan fingerprint density at radius 1 is 1.25 bits per heavy atom. The Hall–Kier alpha value is 1.81. The minimum atomic E-state index is 0. The van der Waals surface area contributed by atoms with Gasteiger partial charge in [0.05, 0.1) is 8.41 Å². The Morgan fingerprint density at radius 2 is 1.25 bits per heavy atom. The van der Waals surface area contributed by atoms with Crippen molar-refractivity contribution < 1.29 is 48.5 Å². The molecule has 0 aromatic rings. The van der Waals surface area contributed by atoms with Gasteiger partial charge in [-0.2, -0.15) is 0 Å². The van der Waals surface area contributed by atoms with E-state index in [4.69, 9.17) is 0 Å². The molecule has 0 aliphatic carbocycles. The van der Waals surface area contributed by atoms with E-state index < -0.39 is 0 Å². The van der Waals surface area contributed by atoms with Crippen molar-refractivity contribution in [3.05, 3.63) is 0 Å². The summed E-state index contributed by atoms with van der Waals surface area (Å²) in [6, 6.07) is 0. The first-order chi connectivity index (χ1) is 1.00. The van der Waals surface area contributed by atoms with Gasteiger partial charge in [0.1, 0.15) is 0 Å². The summed E-state index contributed by atoms with van der Waals surface area (Å²) in [5.41, 5.74) is 0. The molecule has 0 aliphatic heterocycles. The Kier molecular flexibility index (Phi) is 90.9. The molecule has 26 valence electrons. The van der Waals surface area contributed by atoms with Crippen LogP contribution in [0.2, 0.25) is 0 Å². The van der Waals surface area contributed by atoms with Crippen LogP contribution < -0.4 is 0 Å². The molecule has 0 aromatic carbocycles. The van der Waals surface area contributed by atoms with Crippen LogP contribution in [0.5, 0.6) is 0 Å². The van der Waals surface area contributed by atoms with Crippen molar-refractivity contribution in [2.24, 2.45) is 0 Å². The maximum atomic E-state index is 3.33. The van der Waals surface area contributed by atoms with E-state index >= 15 is 0 Å². The van der Waals surface area contributed by atoms with Gasteiger partial charge in [-0.1, -0.05) is 0 Å². The van der Waals surface area contributed by atoms with Crippen molar-refractivity contribution in [2.75, 3.05) is 0 Å². The zero-order chi connectivity index (χ0) is 2.00. The number of hydrogen-bond donors (Lipinski definition) is 0. The topological polar surface area (TPSA) is 0 Å². The second-order valence-corrected chi connectivity index (χ2v) is 0. The number of rotatable bonds is 0. The molecular formula is H3BCrFeW. The molecule has 0 rings (SSSR count). The van der Waals surface area contributed by atoms with E-state index in [1.807, 2.05) is 0 Å². The first-order valence-corrected chi connectivity index (χ1v) is 4.87. The van der Waals surface area contributed by atoms with Crippen molar-refractivity contribution in [1.29, 1.82) is 0 Å². The Morgan fingerprint density at radius 3 is 1.25 bits per heavy atom. The van der Waals surface area contributed by atoms with Crippen LogP contribution in [0.15, 0.2) is 0 Å². The molecule has 4 heteroatoms. The van der Waals surface area contributed by atoms with Crippen LogP contribution in [-0.2, 0) is 48.5 Å².